The maximum absolute atomic E-state index is 5.86. The smallest absolute Gasteiger partial charge is 0.0575 e. The Morgan fingerprint density at radius 1 is 1.23 bits per heavy atom. The molecule has 1 aliphatic rings. The molecule has 1 saturated carbocycles. The van der Waals surface area contributed by atoms with Crippen LogP contribution in [0.1, 0.15) is 46.0 Å². The second-order valence-corrected chi connectivity index (χ2v) is 4.94. The topological polar surface area (TPSA) is 35.2 Å². The molecule has 1 aliphatic carbocycles. The Bertz CT molecular complexity index is 139. The average molecular weight is 185 g/mol. The predicted molar refractivity (Wildman–Crippen MR) is 55.7 cm³/mol. The van der Waals surface area contributed by atoms with Gasteiger partial charge in [-0.05, 0) is 19.4 Å². The fourth-order valence-electron chi connectivity index (χ4n) is 1.63. The SMILES string of the molecule is CC(C)(CN)COC1CCCCC1. The monoisotopic (exact) mass is 185 g/mol. The third-order valence-electron chi connectivity index (χ3n) is 2.81. The van der Waals surface area contributed by atoms with Gasteiger partial charge in [0.2, 0.25) is 0 Å². The van der Waals surface area contributed by atoms with E-state index in [1.54, 1.807) is 0 Å². The fourth-order valence-corrected chi connectivity index (χ4v) is 1.63. The summed E-state index contributed by atoms with van der Waals surface area (Å²) in [4.78, 5) is 0. The number of hydrogen-bond acceptors (Lipinski definition) is 2. The van der Waals surface area contributed by atoms with Crippen LogP contribution in [0.15, 0.2) is 0 Å². The molecule has 0 bridgehead atoms. The molecule has 0 amide bonds. The second kappa shape index (κ2) is 4.97. The molecule has 0 atom stereocenters. The van der Waals surface area contributed by atoms with E-state index >= 15 is 0 Å². The van der Waals surface area contributed by atoms with Gasteiger partial charge in [-0.1, -0.05) is 33.1 Å². The molecular weight excluding hydrogens is 162 g/mol. The van der Waals surface area contributed by atoms with Crippen LogP contribution in [0.3, 0.4) is 0 Å². The molecule has 2 nitrogen and oxygen atoms in total. The molecule has 0 saturated heterocycles. The number of nitrogens with two attached hydrogens (primary N) is 1. The summed E-state index contributed by atoms with van der Waals surface area (Å²) >= 11 is 0. The quantitative estimate of drug-likeness (QED) is 0.729. The standard InChI is InChI=1S/C11H23NO/c1-11(2,8-12)9-13-10-6-4-3-5-7-10/h10H,3-9,12H2,1-2H3. The first-order valence-electron chi connectivity index (χ1n) is 5.46. The third kappa shape index (κ3) is 4.10. The first kappa shape index (κ1) is 11.0. The van der Waals surface area contributed by atoms with Crippen molar-refractivity contribution in [2.75, 3.05) is 13.2 Å². The minimum atomic E-state index is 0.150. The van der Waals surface area contributed by atoms with Crippen LogP contribution in [0.2, 0.25) is 0 Å². The van der Waals surface area contributed by atoms with Crippen molar-refractivity contribution in [1.82, 2.24) is 0 Å². The molecule has 78 valence electrons. The molecule has 0 aromatic heterocycles. The average Bonchev–Trinajstić information content (AvgIpc) is 2.17. The highest BCUT2D eigenvalue weighted by Crippen LogP contribution is 2.22. The molecule has 0 aromatic rings. The van der Waals surface area contributed by atoms with Gasteiger partial charge in [0.05, 0.1) is 12.7 Å². The maximum atomic E-state index is 5.86. The van der Waals surface area contributed by atoms with Gasteiger partial charge in [-0.3, -0.25) is 0 Å². The van der Waals surface area contributed by atoms with Crippen molar-refractivity contribution >= 4 is 0 Å². The van der Waals surface area contributed by atoms with E-state index in [4.69, 9.17) is 10.5 Å². The summed E-state index contributed by atoms with van der Waals surface area (Å²) < 4.78 is 5.86. The Hall–Kier alpha value is -0.0800. The van der Waals surface area contributed by atoms with Crippen molar-refractivity contribution in [3.05, 3.63) is 0 Å². The van der Waals surface area contributed by atoms with Crippen LogP contribution >= 0.6 is 0 Å². The predicted octanol–water partition coefficient (Wildman–Crippen LogP) is 2.32. The minimum Gasteiger partial charge on any atom is -0.378 e. The molecule has 1 fully saturated rings. The summed E-state index contributed by atoms with van der Waals surface area (Å²) in [5, 5.41) is 0. The fraction of sp³-hybridized carbons (Fsp3) is 1.00. The van der Waals surface area contributed by atoms with Crippen LogP contribution in [0.25, 0.3) is 0 Å². The van der Waals surface area contributed by atoms with Crippen LogP contribution < -0.4 is 5.73 Å². The third-order valence-corrected chi connectivity index (χ3v) is 2.81. The zero-order valence-corrected chi connectivity index (χ0v) is 9.01. The van der Waals surface area contributed by atoms with E-state index in [1.165, 1.54) is 32.1 Å². The van der Waals surface area contributed by atoms with Crippen LogP contribution in [0, 0.1) is 5.41 Å². The summed E-state index contributed by atoms with van der Waals surface area (Å²) in [6.45, 7) is 5.85. The normalized spacial score (nSPS) is 20.5. The number of hydrogen-bond donors (Lipinski definition) is 1. The Morgan fingerprint density at radius 3 is 2.38 bits per heavy atom. The molecule has 0 aromatic carbocycles. The van der Waals surface area contributed by atoms with E-state index in [2.05, 4.69) is 13.8 Å². The Kier molecular flexibility index (Phi) is 4.20. The van der Waals surface area contributed by atoms with Crippen molar-refractivity contribution in [3.63, 3.8) is 0 Å². The summed E-state index contributed by atoms with van der Waals surface area (Å²) in [7, 11) is 0. The minimum absolute atomic E-state index is 0.150. The van der Waals surface area contributed by atoms with E-state index < -0.39 is 0 Å². The molecule has 0 spiro atoms. The molecule has 0 aliphatic heterocycles. The summed E-state index contributed by atoms with van der Waals surface area (Å²) in [5.74, 6) is 0. The molecule has 0 radical (unpaired) electrons. The van der Waals surface area contributed by atoms with Gasteiger partial charge >= 0.3 is 0 Å². The van der Waals surface area contributed by atoms with Crippen molar-refractivity contribution in [3.8, 4) is 0 Å². The van der Waals surface area contributed by atoms with Gasteiger partial charge in [0.1, 0.15) is 0 Å². The Labute approximate surface area is 81.8 Å². The van der Waals surface area contributed by atoms with Crippen molar-refractivity contribution < 1.29 is 4.74 Å². The van der Waals surface area contributed by atoms with Gasteiger partial charge in [0.25, 0.3) is 0 Å². The lowest BCUT2D eigenvalue weighted by atomic mass is 9.94. The lowest BCUT2D eigenvalue weighted by Gasteiger charge is -2.28. The molecule has 0 heterocycles. The summed E-state index contributed by atoms with van der Waals surface area (Å²) in [6, 6.07) is 0. The first-order valence-corrected chi connectivity index (χ1v) is 5.46. The molecule has 1 rings (SSSR count). The van der Waals surface area contributed by atoms with Crippen LogP contribution in [0.5, 0.6) is 0 Å². The van der Waals surface area contributed by atoms with Gasteiger partial charge in [-0.25, -0.2) is 0 Å². The lowest BCUT2D eigenvalue weighted by Crippen LogP contribution is -2.31. The summed E-state index contributed by atoms with van der Waals surface area (Å²) in [5.41, 5.74) is 5.79. The second-order valence-electron chi connectivity index (χ2n) is 4.94. The van der Waals surface area contributed by atoms with Crippen LogP contribution in [-0.4, -0.2) is 19.3 Å². The van der Waals surface area contributed by atoms with Crippen molar-refractivity contribution in [2.45, 2.75) is 52.1 Å². The molecule has 2 heteroatoms. The van der Waals surface area contributed by atoms with Gasteiger partial charge < -0.3 is 10.5 Å². The van der Waals surface area contributed by atoms with E-state index in [-0.39, 0.29) is 5.41 Å². The zero-order valence-electron chi connectivity index (χ0n) is 9.01. The van der Waals surface area contributed by atoms with Crippen molar-refractivity contribution in [2.24, 2.45) is 11.1 Å². The van der Waals surface area contributed by atoms with Gasteiger partial charge in [-0.15, -0.1) is 0 Å². The molecule has 0 unspecified atom stereocenters. The van der Waals surface area contributed by atoms with E-state index in [0.29, 0.717) is 12.6 Å². The lowest BCUT2D eigenvalue weighted by molar-refractivity contribution is -0.0122. The van der Waals surface area contributed by atoms with Gasteiger partial charge in [0.15, 0.2) is 0 Å². The molecule has 2 N–H and O–H groups in total. The maximum Gasteiger partial charge on any atom is 0.0575 e. The first-order chi connectivity index (χ1) is 6.14. The van der Waals surface area contributed by atoms with E-state index in [0.717, 1.165) is 6.61 Å². The van der Waals surface area contributed by atoms with E-state index in [9.17, 15) is 0 Å². The Balaban J connectivity index is 2.17. The van der Waals surface area contributed by atoms with Gasteiger partial charge in [-0.2, -0.15) is 0 Å². The highest BCUT2D eigenvalue weighted by atomic mass is 16.5. The van der Waals surface area contributed by atoms with Crippen LogP contribution in [-0.2, 0) is 4.74 Å². The van der Waals surface area contributed by atoms with Gasteiger partial charge in [0, 0.05) is 5.41 Å². The van der Waals surface area contributed by atoms with Crippen molar-refractivity contribution in [1.29, 1.82) is 0 Å². The summed E-state index contributed by atoms with van der Waals surface area (Å²) in [6.07, 6.45) is 7.09. The van der Waals surface area contributed by atoms with Crippen LogP contribution in [0.4, 0.5) is 0 Å². The zero-order chi connectivity index (χ0) is 9.73. The largest absolute Gasteiger partial charge is 0.378 e. The Morgan fingerprint density at radius 2 is 1.85 bits per heavy atom. The number of ether oxygens (including phenoxy) is 1. The number of rotatable bonds is 4. The molecular formula is C11H23NO. The van der Waals surface area contributed by atoms with E-state index in [1.807, 2.05) is 0 Å². The molecule has 13 heavy (non-hydrogen) atoms. The highest BCUT2D eigenvalue weighted by Gasteiger charge is 2.20. The highest BCUT2D eigenvalue weighted by molar-refractivity contribution is 4.71.